The maximum Gasteiger partial charge on any atom is 0.341 e. The van der Waals surface area contributed by atoms with E-state index < -0.39 is 29.0 Å². The average molecular weight is 773 g/mol. The zero-order chi connectivity index (χ0) is 39.6. The molecule has 0 spiro atoms. The van der Waals surface area contributed by atoms with Gasteiger partial charge in [-0.25, -0.2) is 27.9 Å². The summed E-state index contributed by atoms with van der Waals surface area (Å²) in [7, 11) is 2.71. The highest BCUT2D eigenvalue weighted by Crippen LogP contribution is 2.38. The van der Waals surface area contributed by atoms with Crippen LogP contribution in [-0.2, 0) is 14.3 Å². The Morgan fingerprint density at radius 2 is 1.53 bits per heavy atom. The van der Waals surface area contributed by atoms with E-state index in [0.29, 0.717) is 34.8 Å². The number of methoxy groups -OCH3 is 2. The molecular weight excluding hydrogens is 741 g/mol. The molecule has 0 saturated carbocycles. The summed E-state index contributed by atoms with van der Waals surface area (Å²) >= 11 is 6.19. The van der Waals surface area contributed by atoms with Gasteiger partial charge in [0.05, 0.1) is 43.2 Å². The smallest absolute Gasteiger partial charge is 0.341 e. The van der Waals surface area contributed by atoms with E-state index in [4.69, 9.17) is 30.5 Å². The van der Waals surface area contributed by atoms with Crippen LogP contribution in [0.4, 0.5) is 19.0 Å². The summed E-state index contributed by atoms with van der Waals surface area (Å²) in [5.74, 6) is -2.04. The zero-order valence-electron chi connectivity index (χ0n) is 29.9. The van der Waals surface area contributed by atoms with Gasteiger partial charge in [0.2, 0.25) is 11.8 Å². The van der Waals surface area contributed by atoms with E-state index in [1.807, 2.05) is 20.8 Å². The lowest BCUT2D eigenvalue weighted by Gasteiger charge is -2.22. The Kier molecular flexibility index (Phi) is 12.8. The van der Waals surface area contributed by atoms with E-state index in [9.17, 15) is 23.2 Å². The normalized spacial score (nSPS) is 11.6. The molecule has 0 unspecified atom stereocenters. The van der Waals surface area contributed by atoms with Crippen LogP contribution in [0.2, 0.25) is 5.15 Å². The van der Waals surface area contributed by atoms with Gasteiger partial charge in [-0.05, 0) is 31.0 Å². The van der Waals surface area contributed by atoms with E-state index in [1.54, 1.807) is 48.5 Å². The molecule has 0 fully saturated rings. The van der Waals surface area contributed by atoms with Gasteiger partial charge in [0.1, 0.15) is 64.2 Å². The summed E-state index contributed by atoms with van der Waals surface area (Å²) in [6, 6.07) is 18.3. The van der Waals surface area contributed by atoms with E-state index in [2.05, 4.69) is 36.4 Å². The van der Waals surface area contributed by atoms with Crippen molar-refractivity contribution in [2.24, 2.45) is 5.92 Å². The largest absolute Gasteiger partial charge is 0.503 e. The summed E-state index contributed by atoms with van der Waals surface area (Å²) in [4.78, 5) is 28.2. The Bertz CT molecular complexity index is 2380. The van der Waals surface area contributed by atoms with Crippen LogP contribution in [0.1, 0.15) is 31.9 Å². The molecule has 6 rings (SSSR count). The summed E-state index contributed by atoms with van der Waals surface area (Å²) in [5, 5.41) is 16.2. The van der Waals surface area contributed by atoms with E-state index in [0.717, 1.165) is 0 Å². The molecule has 3 heterocycles. The highest BCUT2D eigenvalue weighted by molar-refractivity contribution is 6.33. The summed E-state index contributed by atoms with van der Waals surface area (Å²) in [5.41, 5.74) is 0.499. The Morgan fingerprint density at radius 1 is 0.891 bits per heavy atom. The van der Waals surface area contributed by atoms with Gasteiger partial charge in [0.15, 0.2) is 0 Å². The Morgan fingerprint density at radius 3 is 2.16 bits per heavy atom. The van der Waals surface area contributed by atoms with E-state index in [1.165, 1.54) is 43.7 Å². The number of carbonyl (C=O) groups is 1. The lowest BCUT2D eigenvalue weighted by Crippen LogP contribution is -2.24. The number of para-hydroxylation sites is 2. The minimum Gasteiger partial charge on any atom is -0.503 e. The molecule has 55 heavy (non-hydrogen) atoms. The number of nitriles is 1. The SMILES string of the molecule is CC(C)[C@@H](C)Nc1c(-c2c(F)cc(F)cc2F)c(Cl)nc2ncnn12.CO/C=C(/C(=O)OC)c1ccccc1Oc1cc(Oc2ccccc2C#N)ncn1. The van der Waals surface area contributed by atoms with Crippen molar-refractivity contribution in [3.8, 4) is 40.5 Å². The molecule has 1 atom stereocenters. The van der Waals surface area contributed by atoms with Crippen LogP contribution >= 0.6 is 11.6 Å². The minimum atomic E-state index is -1.08. The lowest BCUT2D eigenvalue weighted by molar-refractivity contribution is -0.133. The fraction of sp³-hybridized carbons (Fsp3) is 0.184. The molecule has 0 amide bonds. The van der Waals surface area contributed by atoms with Gasteiger partial charge in [-0.15, -0.1) is 0 Å². The van der Waals surface area contributed by atoms with Gasteiger partial charge < -0.3 is 24.3 Å². The van der Waals surface area contributed by atoms with Crippen molar-refractivity contribution in [3.05, 3.63) is 119 Å². The maximum atomic E-state index is 14.3. The van der Waals surface area contributed by atoms with Crippen molar-refractivity contribution >= 4 is 34.7 Å². The molecule has 0 aliphatic carbocycles. The standard InChI is InChI=1S/C22H17N3O5.C16H15ClF3N5/c1-27-13-17(22(26)28-2)16-8-4-6-10-19(16)30-21-11-20(24-14-25-21)29-18-9-5-3-7-15(18)12-23;1-7(2)8(3)23-15-13(12-10(19)4-9(18)5-11(12)20)14(17)24-16-21-6-22-25(15)16/h3-11,13-14H,1-2H3;4-8,23H,1-3H3/b17-13+;/t;8-/m.1/s1. The summed E-state index contributed by atoms with van der Waals surface area (Å²) < 4.78 is 64.6. The van der Waals surface area contributed by atoms with E-state index >= 15 is 0 Å². The lowest BCUT2D eigenvalue weighted by atomic mass is 10.0. The molecule has 0 aliphatic heterocycles. The number of carbonyl (C=O) groups excluding carboxylic acids is 1. The second-order valence-electron chi connectivity index (χ2n) is 11.8. The molecule has 0 radical (unpaired) electrons. The van der Waals surface area contributed by atoms with Gasteiger partial charge in [0.25, 0.3) is 5.78 Å². The monoisotopic (exact) mass is 772 g/mol. The van der Waals surface area contributed by atoms with Gasteiger partial charge >= 0.3 is 5.97 Å². The highest BCUT2D eigenvalue weighted by atomic mass is 35.5. The number of nitrogens with one attached hydrogen (secondary N) is 1. The third-order valence-corrected chi connectivity index (χ3v) is 8.15. The molecule has 3 aromatic heterocycles. The minimum absolute atomic E-state index is 0.0397. The third-order valence-electron chi connectivity index (χ3n) is 7.88. The van der Waals surface area contributed by atoms with Crippen molar-refractivity contribution in [2.45, 2.75) is 26.8 Å². The van der Waals surface area contributed by atoms with Crippen LogP contribution in [0.15, 0.2) is 85.6 Å². The summed E-state index contributed by atoms with van der Waals surface area (Å²) in [6.07, 6.45) is 3.81. The van der Waals surface area contributed by atoms with Gasteiger partial charge in [0, 0.05) is 23.7 Å². The Hall–Kier alpha value is -6.73. The predicted octanol–water partition coefficient (Wildman–Crippen LogP) is 8.41. The maximum absolute atomic E-state index is 14.3. The van der Waals surface area contributed by atoms with Crippen LogP contribution in [0.5, 0.6) is 23.3 Å². The number of hydrogen-bond acceptors (Lipinski definition) is 12. The number of hydrogen-bond donors (Lipinski definition) is 1. The fourth-order valence-electron chi connectivity index (χ4n) is 4.87. The molecule has 1 N–H and O–H groups in total. The first kappa shape index (κ1) is 39.5. The molecular formula is C38H32ClF3N8O5. The number of rotatable bonds is 11. The topological polar surface area (TPSA) is 159 Å². The number of benzene rings is 3. The molecule has 17 heteroatoms. The third kappa shape index (κ3) is 9.26. The number of fused-ring (bicyclic) bond motifs is 1. The van der Waals surface area contributed by atoms with Crippen molar-refractivity contribution in [2.75, 3.05) is 19.5 Å². The van der Waals surface area contributed by atoms with E-state index in [-0.39, 0.29) is 51.6 Å². The van der Waals surface area contributed by atoms with Crippen LogP contribution in [0.3, 0.4) is 0 Å². The fourth-order valence-corrected chi connectivity index (χ4v) is 5.13. The van der Waals surface area contributed by atoms with Gasteiger partial charge in [-0.2, -0.15) is 24.8 Å². The second kappa shape index (κ2) is 17.9. The number of nitrogens with zero attached hydrogens (tertiary/aromatic N) is 7. The van der Waals surface area contributed by atoms with Crippen LogP contribution in [0, 0.1) is 34.7 Å². The Labute approximate surface area is 318 Å². The van der Waals surface area contributed by atoms with Gasteiger partial charge in [-0.1, -0.05) is 55.8 Å². The van der Waals surface area contributed by atoms with Crippen molar-refractivity contribution in [1.29, 1.82) is 5.26 Å². The first-order chi connectivity index (χ1) is 26.4. The number of aromatic nitrogens is 6. The number of halogens is 4. The van der Waals surface area contributed by atoms with Crippen molar-refractivity contribution in [1.82, 2.24) is 29.5 Å². The first-order valence-corrected chi connectivity index (χ1v) is 16.7. The molecule has 0 aliphatic rings. The molecule has 282 valence electrons. The molecule has 13 nitrogen and oxygen atoms in total. The average Bonchev–Trinajstić information content (AvgIpc) is 3.63. The van der Waals surface area contributed by atoms with Crippen LogP contribution in [-0.4, -0.2) is 55.8 Å². The van der Waals surface area contributed by atoms with Crippen molar-refractivity contribution < 1.29 is 36.9 Å². The quantitative estimate of drug-likeness (QED) is 0.0581. The zero-order valence-corrected chi connectivity index (χ0v) is 30.7. The van der Waals surface area contributed by atoms with Gasteiger partial charge in [-0.3, -0.25) is 0 Å². The molecule has 0 saturated heterocycles. The summed E-state index contributed by atoms with van der Waals surface area (Å²) in [6.45, 7) is 5.87. The first-order valence-electron chi connectivity index (χ1n) is 16.3. The number of esters is 1. The van der Waals surface area contributed by atoms with Crippen LogP contribution < -0.4 is 14.8 Å². The second-order valence-corrected chi connectivity index (χ2v) is 12.1. The Balaban J connectivity index is 0.000000214. The molecule has 6 aromatic rings. The molecule has 3 aromatic carbocycles. The number of ether oxygens (including phenoxy) is 4. The molecule has 0 bridgehead atoms. The highest BCUT2D eigenvalue weighted by Gasteiger charge is 2.25. The predicted molar refractivity (Wildman–Crippen MR) is 196 cm³/mol. The van der Waals surface area contributed by atoms with Crippen molar-refractivity contribution in [3.63, 3.8) is 0 Å². The number of anilines is 1. The van der Waals surface area contributed by atoms with Crippen LogP contribution in [0.25, 0.3) is 22.5 Å².